The Morgan fingerprint density at radius 2 is 1.95 bits per heavy atom. The van der Waals surface area contributed by atoms with Crippen molar-refractivity contribution in [3.63, 3.8) is 0 Å². The summed E-state index contributed by atoms with van der Waals surface area (Å²) in [6, 6.07) is 11.3. The number of hydrogen-bond acceptors (Lipinski definition) is 4. The molecular formula is C14H8ClNOS3. The van der Waals surface area contributed by atoms with E-state index < -0.39 is 0 Å². The Hall–Kier alpha value is -1.14. The molecule has 2 aromatic rings. The maximum absolute atomic E-state index is 6.15. The summed E-state index contributed by atoms with van der Waals surface area (Å²) in [5.74, 6) is 1.45. The molecule has 1 aromatic carbocycles. The fourth-order valence-electron chi connectivity index (χ4n) is 1.79. The van der Waals surface area contributed by atoms with Gasteiger partial charge in [0.05, 0.1) is 9.93 Å². The van der Waals surface area contributed by atoms with Crippen LogP contribution >= 0.6 is 47.8 Å². The van der Waals surface area contributed by atoms with E-state index in [0.29, 0.717) is 14.3 Å². The maximum Gasteiger partial charge on any atom is 0.143 e. The molecule has 0 radical (unpaired) electrons. The summed E-state index contributed by atoms with van der Waals surface area (Å²) in [6.07, 6.45) is 1.87. The molecule has 2 heterocycles. The van der Waals surface area contributed by atoms with Gasteiger partial charge in [0.2, 0.25) is 0 Å². The lowest BCUT2D eigenvalue weighted by molar-refractivity contribution is 0.572. The number of halogens is 1. The second-order valence-electron chi connectivity index (χ2n) is 4.03. The van der Waals surface area contributed by atoms with Crippen LogP contribution in [0, 0.1) is 0 Å². The first-order chi connectivity index (χ1) is 9.63. The Kier molecular flexibility index (Phi) is 3.94. The summed E-state index contributed by atoms with van der Waals surface area (Å²) in [7, 11) is 0. The summed E-state index contributed by atoms with van der Waals surface area (Å²) in [6.45, 7) is 0. The van der Waals surface area contributed by atoms with Gasteiger partial charge in [-0.1, -0.05) is 59.9 Å². The molecule has 0 aliphatic carbocycles. The van der Waals surface area contributed by atoms with Gasteiger partial charge in [0.15, 0.2) is 0 Å². The zero-order chi connectivity index (χ0) is 14.1. The minimum Gasteiger partial charge on any atom is -0.457 e. The first-order valence-electron chi connectivity index (χ1n) is 5.73. The van der Waals surface area contributed by atoms with Gasteiger partial charge in [0.25, 0.3) is 0 Å². The summed E-state index contributed by atoms with van der Waals surface area (Å²) in [4.78, 5) is 1.53. The number of thioether (sulfide) groups is 1. The number of rotatable bonds is 2. The van der Waals surface area contributed by atoms with E-state index in [2.05, 4.69) is 5.32 Å². The molecule has 0 spiro atoms. The monoisotopic (exact) mass is 337 g/mol. The molecule has 0 saturated carbocycles. The molecule has 100 valence electrons. The fraction of sp³-hybridized carbons (Fsp3) is 0. The Bertz CT molecular complexity index is 736. The quantitative estimate of drug-likeness (QED) is 0.621. The van der Waals surface area contributed by atoms with E-state index in [1.54, 1.807) is 0 Å². The van der Waals surface area contributed by atoms with Gasteiger partial charge in [0, 0.05) is 5.56 Å². The molecule has 1 aliphatic heterocycles. The van der Waals surface area contributed by atoms with Gasteiger partial charge in [-0.05, 0) is 30.3 Å². The van der Waals surface area contributed by atoms with Gasteiger partial charge >= 0.3 is 0 Å². The zero-order valence-electron chi connectivity index (χ0n) is 10.1. The molecule has 1 N–H and O–H groups in total. The van der Waals surface area contributed by atoms with Crippen LogP contribution in [0.1, 0.15) is 5.76 Å². The number of furan rings is 1. The van der Waals surface area contributed by atoms with Crippen molar-refractivity contribution in [1.29, 1.82) is 0 Å². The predicted molar refractivity (Wildman–Crippen MR) is 93.1 cm³/mol. The summed E-state index contributed by atoms with van der Waals surface area (Å²) >= 11 is 17.8. The van der Waals surface area contributed by atoms with Crippen LogP contribution in [-0.2, 0) is 0 Å². The van der Waals surface area contributed by atoms with Crippen LogP contribution < -0.4 is 5.32 Å². The van der Waals surface area contributed by atoms with Crippen molar-refractivity contribution in [3.8, 4) is 11.3 Å². The van der Waals surface area contributed by atoms with E-state index in [-0.39, 0.29) is 0 Å². The number of nitrogens with one attached hydrogen (secondary N) is 1. The van der Waals surface area contributed by atoms with Crippen LogP contribution in [0.15, 0.2) is 45.7 Å². The van der Waals surface area contributed by atoms with Gasteiger partial charge in [-0.3, -0.25) is 0 Å². The second kappa shape index (κ2) is 5.69. The van der Waals surface area contributed by atoms with Crippen molar-refractivity contribution in [2.75, 3.05) is 0 Å². The van der Waals surface area contributed by atoms with Crippen LogP contribution in [0.4, 0.5) is 0 Å². The lowest BCUT2D eigenvalue weighted by atomic mass is 10.2. The highest BCUT2D eigenvalue weighted by Gasteiger charge is 2.19. The minimum absolute atomic E-state index is 0.635. The highest BCUT2D eigenvalue weighted by atomic mass is 35.5. The SMILES string of the molecule is S=C1NC(=S)C(=Cc2ccc(-c3ccccc3Cl)o2)S1. The van der Waals surface area contributed by atoms with E-state index >= 15 is 0 Å². The van der Waals surface area contributed by atoms with Crippen LogP contribution in [0.3, 0.4) is 0 Å². The maximum atomic E-state index is 6.15. The van der Waals surface area contributed by atoms with Gasteiger partial charge in [-0.2, -0.15) is 0 Å². The van der Waals surface area contributed by atoms with Crippen molar-refractivity contribution in [2.24, 2.45) is 0 Å². The Morgan fingerprint density at radius 3 is 2.65 bits per heavy atom. The highest BCUT2D eigenvalue weighted by molar-refractivity contribution is 8.27. The van der Waals surface area contributed by atoms with Crippen LogP contribution in [0.2, 0.25) is 5.02 Å². The molecule has 6 heteroatoms. The number of hydrogen-bond donors (Lipinski definition) is 1. The molecule has 1 aromatic heterocycles. The topological polar surface area (TPSA) is 25.2 Å². The summed E-state index contributed by atoms with van der Waals surface area (Å²) in [5.41, 5.74) is 0.870. The van der Waals surface area contributed by atoms with Gasteiger partial charge in [-0.25, -0.2) is 0 Å². The third kappa shape index (κ3) is 2.81. The van der Waals surface area contributed by atoms with Gasteiger partial charge in [0.1, 0.15) is 20.8 Å². The van der Waals surface area contributed by atoms with E-state index in [9.17, 15) is 0 Å². The van der Waals surface area contributed by atoms with Crippen LogP contribution in [-0.4, -0.2) is 9.31 Å². The number of thiocarbonyl (C=S) groups is 2. The Balaban J connectivity index is 1.92. The Morgan fingerprint density at radius 1 is 1.15 bits per heavy atom. The highest BCUT2D eigenvalue weighted by Crippen LogP contribution is 2.31. The predicted octanol–water partition coefficient (Wildman–Crippen LogP) is 4.89. The zero-order valence-corrected chi connectivity index (χ0v) is 13.3. The molecule has 1 aliphatic rings. The van der Waals surface area contributed by atoms with Crippen molar-refractivity contribution in [3.05, 3.63) is 52.1 Å². The van der Waals surface area contributed by atoms with Crippen molar-refractivity contribution < 1.29 is 4.42 Å². The van der Waals surface area contributed by atoms with Crippen LogP contribution in [0.5, 0.6) is 0 Å². The van der Waals surface area contributed by atoms with E-state index in [1.807, 2.05) is 42.5 Å². The van der Waals surface area contributed by atoms with Crippen LogP contribution in [0.25, 0.3) is 17.4 Å². The molecule has 20 heavy (non-hydrogen) atoms. The largest absolute Gasteiger partial charge is 0.457 e. The lowest BCUT2D eigenvalue weighted by Crippen LogP contribution is -2.15. The number of benzene rings is 1. The molecule has 3 rings (SSSR count). The molecule has 2 nitrogen and oxygen atoms in total. The van der Waals surface area contributed by atoms with E-state index in [1.165, 1.54) is 11.8 Å². The molecule has 0 bridgehead atoms. The molecule has 1 fully saturated rings. The average Bonchev–Trinajstić information content (AvgIpc) is 2.98. The van der Waals surface area contributed by atoms with E-state index in [0.717, 1.165) is 22.0 Å². The third-order valence-electron chi connectivity index (χ3n) is 2.68. The summed E-state index contributed by atoms with van der Waals surface area (Å²) < 4.78 is 6.46. The smallest absolute Gasteiger partial charge is 0.143 e. The van der Waals surface area contributed by atoms with Crippen molar-refractivity contribution in [2.45, 2.75) is 0 Å². The van der Waals surface area contributed by atoms with Crippen molar-refractivity contribution in [1.82, 2.24) is 5.32 Å². The standard InChI is InChI=1S/C14H8ClNOS3/c15-10-4-2-1-3-9(10)11-6-5-8(17-11)7-12-13(18)16-14(19)20-12/h1-7H,(H,16,18,19). The van der Waals surface area contributed by atoms with Gasteiger partial charge < -0.3 is 9.73 Å². The lowest BCUT2D eigenvalue weighted by Gasteiger charge is -1.99. The third-order valence-corrected chi connectivity index (χ3v) is 4.64. The van der Waals surface area contributed by atoms with E-state index in [4.69, 9.17) is 40.5 Å². The first kappa shape index (κ1) is 13.8. The molecule has 0 atom stereocenters. The first-order valence-corrected chi connectivity index (χ1v) is 7.74. The molecule has 1 saturated heterocycles. The Labute approximate surface area is 136 Å². The molecular weight excluding hydrogens is 330 g/mol. The van der Waals surface area contributed by atoms with Gasteiger partial charge in [-0.15, -0.1) is 0 Å². The molecule has 0 unspecified atom stereocenters. The average molecular weight is 338 g/mol. The minimum atomic E-state index is 0.635. The van der Waals surface area contributed by atoms with Crippen molar-refractivity contribution >= 4 is 63.2 Å². The second-order valence-corrected chi connectivity index (χ2v) is 6.57. The molecule has 0 amide bonds. The fourth-order valence-corrected chi connectivity index (χ4v) is 3.47. The summed E-state index contributed by atoms with van der Waals surface area (Å²) in [5, 5.41) is 3.59. The normalized spacial score (nSPS) is 16.8.